The minimum atomic E-state index is -0.100. The number of halogens is 2. The van der Waals surface area contributed by atoms with Crippen LogP contribution >= 0.6 is 36.2 Å². The lowest BCUT2D eigenvalue weighted by Gasteiger charge is -2.30. The van der Waals surface area contributed by atoms with E-state index < -0.39 is 0 Å². The zero-order valence-corrected chi connectivity index (χ0v) is 16.1. The topological polar surface area (TPSA) is 71.2 Å². The second-order valence-corrected chi connectivity index (χ2v) is 6.29. The van der Waals surface area contributed by atoms with Crippen molar-refractivity contribution in [3.05, 3.63) is 16.1 Å². The molecule has 0 unspecified atom stereocenters. The van der Waals surface area contributed by atoms with Gasteiger partial charge in [-0.3, -0.25) is 9.69 Å². The van der Waals surface area contributed by atoms with Crippen LogP contribution in [0.2, 0.25) is 0 Å². The highest BCUT2D eigenvalue weighted by Crippen LogP contribution is 2.10. The SMILES string of the molecule is CC(C)N(CCNC(=O)c1csc(CCN)n1)C(C)C.Cl.Cl. The van der Waals surface area contributed by atoms with Crippen molar-refractivity contribution in [2.24, 2.45) is 5.73 Å². The largest absolute Gasteiger partial charge is 0.349 e. The van der Waals surface area contributed by atoms with Crippen LogP contribution in [0.1, 0.15) is 43.2 Å². The van der Waals surface area contributed by atoms with Crippen LogP contribution in [0.5, 0.6) is 0 Å². The van der Waals surface area contributed by atoms with E-state index in [9.17, 15) is 4.79 Å². The van der Waals surface area contributed by atoms with Crippen molar-refractivity contribution in [3.63, 3.8) is 0 Å². The van der Waals surface area contributed by atoms with E-state index in [1.807, 2.05) is 0 Å². The van der Waals surface area contributed by atoms with Gasteiger partial charge in [0.1, 0.15) is 5.69 Å². The van der Waals surface area contributed by atoms with Gasteiger partial charge < -0.3 is 11.1 Å². The number of nitrogens with zero attached hydrogens (tertiary/aromatic N) is 2. The summed E-state index contributed by atoms with van der Waals surface area (Å²) in [6, 6.07) is 0.949. The van der Waals surface area contributed by atoms with Gasteiger partial charge in [0.25, 0.3) is 5.91 Å². The number of carbonyl (C=O) groups excluding carboxylic acids is 1. The van der Waals surface area contributed by atoms with E-state index in [1.165, 1.54) is 11.3 Å². The molecule has 0 bridgehead atoms. The molecular weight excluding hydrogens is 343 g/mol. The van der Waals surface area contributed by atoms with Crippen molar-refractivity contribution in [1.29, 1.82) is 0 Å². The Morgan fingerprint density at radius 3 is 2.41 bits per heavy atom. The number of nitrogens with two attached hydrogens (primary N) is 1. The van der Waals surface area contributed by atoms with Gasteiger partial charge >= 0.3 is 0 Å². The Bertz CT molecular complexity index is 419. The summed E-state index contributed by atoms with van der Waals surface area (Å²) >= 11 is 1.49. The maximum Gasteiger partial charge on any atom is 0.270 e. The lowest BCUT2D eigenvalue weighted by atomic mass is 10.2. The number of hydrogen-bond acceptors (Lipinski definition) is 5. The van der Waals surface area contributed by atoms with Crippen molar-refractivity contribution in [2.45, 2.75) is 46.2 Å². The molecule has 0 spiro atoms. The first-order valence-electron chi connectivity index (χ1n) is 7.14. The highest BCUT2D eigenvalue weighted by molar-refractivity contribution is 7.09. The normalized spacial score (nSPS) is 10.5. The summed E-state index contributed by atoms with van der Waals surface area (Å²) in [4.78, 5) is 18.6. The number of hydrogen-bond donors (Lipinski definition) is 2. The fourth-order valence-corrected chi connectivity index (χ4v) is 2.95. The molecule has 0 radical (unpaired) electrons. The molecule has 0 saturated carbocycles. The molecule has 0 aliphatic carbocycles. The van der Waals surface area contributed by atoms with E-state index in [-0.39, 0.29) is 30.7 Å². The molecule has 1 heterocycles. The molecule has 0 saturated heterocycles. The van der Waals surface area contributed by atoms with Crippen molar-refractivity contribution >= 4 is 42.1 Å². The number of carbonyl (C=O) groups is 1. The molecule has 22 heavy (non-hydrogen) atoms. The van der Waals surface area contributed by atoms with Crippen LogP contribution in [-0.4, -0.2) is 47.5 Å². The number of rotatable bonds is 8. The lowest BCUT2D eigenvalue weighted by molar-refractivity contribution is 0.0935. The van der Waals surface area contributed by atoms with Gasteiger partial charge in [-0.15, -0.1) is 36.2 Å². The summed E-state index contributed by atoms with van der Waals surface area (Å²) < 4.78 is 0. The number of thiazole rings is 1. The zero-order chi connectivity index (χ0) is 15.1. The summed E-state index contributed by atoms with van der Waals surface area (Å²) in [7, 11) is 0. The number of amides is 1. The second-order valence-electron chi connectivity index (χ2n) is 5.35. The number of aromatic nitrogens is 1. The fourth-order valence-electron chi connectivity index (χ4n) is 2.16. The van der Waals surface area contributed by atoms with Gasteiger partial charge in [-0.2, -0.15) is 0 Å². The van der Waals surface area contributed by atoms with Crippen LogP contribution in [0.4, 0.5) is 0 Å². The summed E-state index contributed by atoms with van der Waals surface area (Å²) in [5, 5.41) is 5.64. The smallest absolute Gasteiger partial charge is 0.270 e. The minimum Gasteiger partial charge on any atom is -0.349 e. The Morgan fingerprint density at radius 2 is 1.91 bits per heavy atom. The molecule has 0 aromatic carbocycles. The second kappa shape index (κ2) is 12.1. The van der Waals surface area contributed by atoms with Gasteiger partial charge in [0.2, 0.25) is 0 Å². The van der Waals surface area contributed by atoms with Crippen LogP contribution in [0.15, 0.2) is 5.38 Å². The molecule has 130 valence electrons. The lowest BCUT2D eigenvalue weighted by Crippen LogP contribution is -2.42. The summed E-state index contributed by atoms with van der Waals surface area (Å²) in [6.45, 7) is 10.7. The van der Waals surface area contributed by atoms with Crippen molar-refractivity contribution in [1.82, 2.24) is 15.2 Å². The Morgan fingerprint density at radius 1 is 1.32 bits per heavy atom. The van der Waals surface area contributed by atoms with Gasteiger partial charge in [-0.1, -0.05) is 0 Å². The first-order chi connectivity index (χ1) is 9.45. The molecule has 0 atom stereocenters. The maximum atomic E-state index is 12.0. The molecule has 1 aromatic rings. The Hall–Kier alpha value is -0.400. The first kappa shape index (κ1) is 23.9. The molecule has 0 aliphatic rings. The predicted molar refractivity (Wildman–Crippen MR) is 98.7 cm³/mol. The number of nitrogens with one attached hydrogen (secondary N) is 1. The Labute approximate surface area is 149 Å². The van der Waals surface area contributed by atoms with Crippen LogP contribution in [0.25, 0.3) is 0 Å². The Balaban J connectivity index is 0. The van der Waals surface area contributed by atoms with Crippen LogP contribution in [0.3, 0.4) is 0 Å². The van der Waals surface area contributed by atoms with Gasteiger partial charge in [0.05, 0.1) is 5.01 Å². The third-order valence-corrected chi connectivity index (χ3v) is 4.03. The molecule has 3 N–H and O–H groups in total. The summed E-state index contributed by atoms with van der Waals surface area (Å²) in [5.41, 5.74) is 5.98. The van der Waals surface area contributed by atoms with E-state index in [2.05, 4.69) is 42.9 Å². The molecule has 5 nitrogen and oxygen atoms in total. The molecule has 0 aliphatic heterocycles. The molecule has 1 amide bonds. The van der Waals surface area contributed by atoms with Crippen LogP contribution in [0, 0.1) is 0 Å². The quantitative estimate of drug-likeness (QED) is 0.736. The van der Waals surface area contributed by atoms with Crippen LogP contribution in [-0.2, 0) is 6.42 Å². The van der Waals surface area contributed by atoms with Gasteiger partial charge in [-0.05, 0) is 34.2 Å². The summed E-state index contributed by atoms with van der Waals surface area (Å²) in [6.07, 6.45) is 0.729. The highest BCUT2D eigenvalue weighted by atomic mass is 35.5. The fraction of sp³-hybridized carbons (Fsp3) is 0.714. The van der Waals surface area contributed by atoms with E-state index in [0.717, 1.165) is 18.0 Å². The van der Waals surface area contributed by atoms with E-state index in [1.54, 1.807) is 5.38 Å². The van der Waals surface area contributed by atoms with Gasteiger partial charge in [0.15, 0.2) is 0 Å². The third kappa shape index (κ3) is 7.74. The third-order valence-electron chi connectivity index (χ3n) is 3.12. The van der Waals surface area contributed by atoms with Crippen molar-refractivity contribution in [3.8, 4) is 0 Å². The monoisotopic (exact) mass is 370 g/mol. The van der Waals surface area contributed by atoms with Crippen molar-refractivity contribution < 1.29 is 4.79 Å². The van der Waals surface area contributed by atoms with E-state index >= 15 is 0 Å². The zero-order valence-electron chi connectivity index (χ0n) is 13.7. The predicted octanol–water partition coefficient (Wildman–Crippen LogP) is 2.34. The van der Waals surface area contributed by atoms with Gasteiger partial charge in [0, 0.05) is 37.0 Å². The molecule has 1 aromatic heterocycles. The maximum absolute atomic E-state index is 12.0. The van der Waals surface area contributed by atoms with E-state index in [4.69, 9.17) is 5.73 Å². The molecule has 1 rings (SSSR count). The highest BCUT2D eigenvalue weighted by Gasteiger charge is 2.14. The molecule has 8 heteroatoms. The van der Waals surface area contributed by atoms with Crippen LogP contribution < -0.4 is 11.1 Å². The van der Waals surface area contributed by atoms with Gasteiger partial charge in [-0.25, -0.2) is 4.98 Å². The van der Waals surface area contributed by atoms with E-state index in [0.29, 0.717) is 30.9 Å². The minimum absolute atomic E-state index is 0. The molecule has 0 fully saturated rings. The average molecular weight is 371 g/mol. The standard InChI is InChI=1S/C14H26N4OS.2ClH/c1-10(2)18(11(3)4)8-7-16-14(19)12-9-20-13(17-12)5-6-15;;/h9-11H,5-8,15H2,1-4H3,(H,16,19);2*1H. The van der Waals surface area contributed by atoms with Crippen molar-refractivity contribution in [2.75, 3.05) is 19.6 Å². The summed E-state index contributed by atoms with van der Waals surface area (Å²) in [5.74, 6) is -0.100. The molecular formula is C14H28Cl2N4OS. The first-order valence-corrected chi connectivity index (χ1v) is 8.02. The Kier molecular flexibility index (Phi) is 13.1. The average Bonchev–Trinajstić information content (AvgIpc) is 2.82.